The molecule has 10 heteroatoms. The van der Waals surface area contributed by atoms with Crippen LogP contribution in [-0.2, 0) is 4.74 Å². The molecule has 1 saturated heterocycles. The molecule has 0 unspecified atom stereocenters. The molecule has 1 aliphatic heterocycles. The number of fused-ring (bicyclic) bond motifs is 2. The Morgan fingerprint density at radius 1 is 1.16 bits per heavy atom. The molecule has 168 valence electrons. The van der Waals surface area contributed by atoms with Crippen molar-refractivity contribution in [1.82, 2.24) is 14.9 Å². The van der Waals surface area contributed by atoms with Crippen LogP contribution in [0.5, 0.6) is 0 Å². The van der Waals surface area contributed by atoms with Gasteiger partial charge in [0, 0.05) is 31.2 Å². The maximum atomic E-state index is 13.6. The van der Waals surface area contributed by atoms with Gasteiger partial charge in [-0.05, 0) is 36.8 Å². The number of carbonyl (C=O) groups excluding carboxylic acids is 1. The summed E-state index contributed by atoms with van der Waals surface area (Å²) in [5.74, 6) is -0.114. The monoisotopic (exact) mass is 508 g/mol. The molecule has 2 aromatic carbocycles. The largest absolute Gasteiger partial charge is 0.379 e. The third-order valence-electron chi connectivity index (χ3n) is 5.34. The van der Waals surface area contributed by atoms with Crippen molar-refractivity contribution in [3.05, 3.63) is 52.0 Å². The number of aryl methyl sites for hydroxylation is 1. The van der Waals surface area contributed by atoms with Gasteiger partial charge in [0.15, 0.2) is 10.1 Å². The molecule has 32 heavy (non-hydrogen) atoms. The van der Waals surface area contributed by atoms with Crippen molar-refractivity contribution in [3.63, 3.8) is 0 Å². The first-order chi connectivity index (χ1) is 15.1. The smallest absolute Gasteiger partial charge is 0.289 e. The van der Waals surface area contributed by atoms with Crippen molar-refractivity contribution in [3.8, 4) is 0 Å². The van der Waals surface area contributed by atoms with Gasteiger partial charge in [0.1, 0.15) is 0 Å². The summed E-state index contributed by atoms with van der Waals surface area (Å²) in [7, 11) is 0. The number of anilines is 1. The van der Waals surface area contributed by atoms with E-state index in [9.17, 15) is 4.79 Å². The molecule has 1 fully saturated rings. The van der Waals surface area contributed by atoms with Gasteiger partial charge in [-0.25, -0.2) is 9.97 Å². The highest BCUT2D eigenvalue weighted by Crippen LogP contribution is 2.34. The van der Waals surface area contributed by atoms with Crippen LogP contribution in [0.4, 0.5) is 5.13 Å². The van der Waals surface area contributed by atoms with E-state index in [4.69, 9.17) is 21.3 Å². The van der Waals surface area contributed by atoms with Crippen LogP contribution in [0.1, 0.15) is 15.4 Å². The minimum atomic E-state index is -0.114. The van der Waals surface area contributed by atoms with Crippen molar-refractivity contribution >= 4 is 78.2 Å². The average Bonchev–Trinajstić information content (AvgIpc) is 3.39. The van der Waals surface area contributed by atoms with Gasteiger partial charge in [0.2, 0.25) is 0 Å². The third kappa shape index (κ3) is 4.76. The van der Waals surface area contributed by atoms with Gasteiger partial charge in [0.25, 0.3) is 5.91 Å². The van der Waals surface area contributed by atoms with E-state index in [0.717, 1.165) is 58.8 Å². The van der Waals surface area contributed by atoms with Gasteiger partial charge in [-0.15, -0.1) is 23.7 Å². The Balaban J connectivity index is 0.00000245. The number of ether oxygens (including phenoxy) is 1. The molecule has 1 amide bonds. The number of halogens is 2. The quantitative estimate of drug-likeness (QED) is 0.367. The predicted molar refractivity (Wildman–Crippen MR) is 135 cm³/mol. The number of para-hydroxylation sites is 1. The third-order valence-corrected chi connectivity index (χ3v) is 7.60. The van der Waals surface area contributed by atoms with E-state index >= 15 is 0 Å². The van der Waals surface area contributed by atoms with E-state index in [-0.39, 0.29) is 18.3 Å². The van der Waals surface area contributed by atoms with Crippen molar-refractivity contribution in [1.29, 1.82) is 0 Å². The molecule has 0 spiro atoms. The number of amides is 1. The highest BCUT2D eigenvalue weighted by atomic mass is 35.5. The van der Waals surface area contributed by atoms with Gasteiger partial charge in [0.05, 0.1) is 33.6 Å². The van der Waals surface area contributed by atoms with Crippen molar-refractivity contribution in [2.45, 2.75) is 6.92 Å². The highest BCUT2D eigenvalue weighted by Gasteiger charge is 2.25. The van der Waals surface area contributed by atoms with Crippen LogP contribution in [0.3, 0.4) is 0 Å². The molecule has 5 rings (SSSR count). The van der Waals surface area contributed by atoms with Crippen LogP contribution in [0, 0.1) is 6.92 Å². The molecular formula is C22H22Cl2N4O2S2. The lowest BCUT2D eigenvalue weighted by atomic mass is 10.2. The molecule has 6 nitrogen and oxygen atoms in total. The van der Waals surface area contributed by atoms with Gasteiger partial charge >= 0.3 is 0 Å². The molecule has 0 aliphatic carbocycles. The molecule has 0 saturated carbocycles. The van der Waals surface area contributed by atoms with E-state index in [0.29, 0.717) is 21.7 Å². The number of benzene rings is 2. The van der Waals surface area contributed by atoms with Crippen molar-refractivity contribution < 1.29 is 9.53 Å². The molecular weight excluding hydrogens is 487 g/mol. The Morgan fingerprint density at radius 3 is 2.72 bits per heavy atom. The number of rotatable bonds is 5. The van der Waals surface area contributed by atoms with Gasteiger partial charge in [-0.3, -0.25) is 14.6 Å². The van der Waals surface area contributed by atoms with E-state index in [1.165, 1.54) is 22.7 Å². The van der Waals surface area contributed by atoms with Crippen LogP contribution < -0.4 is 4.90 Å². The van der Waals surface area contributed by atoms with Crippen LogP contribution >= 0.6 is 46.7 Å². The summed E-state index contributed by atoms with van der Waals surface area (Å²) >= 11 is 9.17. The topological polar surface area (TPSA) is 58.6 Å². The molecule has 0 bridgehead atoms. The first-order valence-corrected chi connectivity index (χ1v) is 12.1. The lowest BCUT2D eigenvalue weighted by molar-refractivity contribution is 0.0391. The first kappa shape index (κ1) is 23.4. The summed E-state index contributed by atoms with van der Waals surface area (Å²) in [4.78, 5) is 27.1. The van der Waals surface area contributed by atoms with Crippen molar-refractivity contribution in [2.24, 2.45) is 0 Å². The number of hydrogen-bond acceptors (Lipinski definition) is 7. The van der Waals surface area contributed by atoms with Gasteiger partial charge < -0.3 is 4.74 Å². The second-order valence-corrected chi connectivity index (χ2v) is 9.94. The Bertz CT molecular complexity index is 1220. The number of aromatic nitrogens is 2. The molecule has 0 N–H and O–H groups in total. The van der Waals surface area contributed by atoms with Gasteiger partial charge in [-0.1, -0.05) is 35.1 Å². The molecule has 4 aromatic rings. The standard InChI is InChI=1S/C22H21ClN4O2S2.ClH/c1-14-12-15(23)13-18-19(14)25-22(31-18)27(7-6-26-8-10-29-11-9-26)21(28)20-24-16-4-2-3-5-17(16)30-20;/h2-5,12-13H,6-11H2,1H3;1H. The summed E-state index contributed by atoms with van der Waals surface area (Å²) in [5.41, 5.74) is 2.74. The lowest BCUT2D eigenvalue weighted by Gasteiger charge is -2.28. The lowest BCUT2D eigenvalue weighted by Crippen LogP contribution is -2.43. The first-order valence-electron chi connectivity index (χ1n) is 10.1. The van der Waals surface area contributed by atoms with E-state index < -0.39 is 0 Å². The molecule has 0 radical (unpaired) electrons. The zero-order valence-corrected chi connectivity index (χ0v) is 20.6. The molecule has 3 heterocycles. The Kier molecular flexibility index (Phi) is 7.29. The normalized spacial score (nSPS) is 14.6. The average molecular weight is 509 g/mol. The summed E-state index contributed by atoms with van der Waals surface area (Å²) in [6, 6.07) is 11.6. The Morgan fingerprint density at radius 2 is 1.94 bits per heavy atom. The fourth-order valence-electron chi connectivity index (χ4n) is 3.69. The van der Waals surface area contributed by atoms with Crippen LogP contribution in [0.15, 0.2) is 36.4 Å². The van der Waals surface area contributed by atoms with Crippen LogP contribution in [0.25, 0.3) is 20.4 Å². The highest BCUT2D eigenvalue weighted by molar-refractivity contribution is 7.23. The molecule has 2 aromatic heterocycles. The van der Waals surface area contributed by atoms with E-state index in [1.807, 2.05) is 43.3 Å². The second-order valence-electron chi connectivity index (χ2n) is 7.46. The maximum absolute atomic E-state index is 13.6. The number of thiazole rings is 2. The predicted octanol–water partition coefficient (Wildman–Crippen LogP) is 5.27. The Hall–Kier alpha value is -1.81. The number of carbonyl (C=O) groups is 1. The summed E-state index contributed by atoms with van der Waals surface area (Å²) in [6.45, 7) is 6.49. The second kappa shape index (κ2) is 9.99. The van der Waals surface area contributed by atoms with Gasteiger partial charge in [-0.2, -0.15) is 0 Å². The summed E-state index contributed by atoms with van der Waals surface area (Å²) in [6.07, 6.45) is 0. The van der Waals surface area contributed by atoms with E-state index in [2.05, 4.69) is 9.88 Å². The van der Waals surface area contributed by atoms with Crippen LogP contribution in [0.2, 0.25) is 5.02 Å². The minimum Gasteiger partial charge on any atom is -0.379 e. The minimum absolute atomic E-state index is 0. The summed E-state index contributed by atoms with van der Waals surface area (Å²) in [5, 5.41) is 1.84. The number of nitrogens with zero attached hydrogens (tertiary/aromatic N) is 4. The molecule has 1 aliphatic rings. The van der Waals surface area contributed by atoms with E-state index in [1.54, 1.807) is 4.90 Å². The Labute approximate surface area is 205 Å². The number of hydrogen-bond donors (Lipinski definition) is 0. The molecule has 0 atom stereocenters. The fraction of sp³-hybridized carbons (Fsp3) is 0.318. The zero-order chi connectivity index (χ0) is 21.4. The number of morpholine rings is 1. The zero-order valence-electron chi connectivity index (χ0n) is 17.4. The summed E-state index contributed by atoms with van der Waals surface area (Å²) < 4.78 is 7.44. The van der Waals surface area contributed by atoms with Crippen molar-refractivity contribution in [2.75, 3.05) is 44.3 Å². The van der Waals surface area contributed by atoms with Crippen LogP contribution in [-0.4, -0.2) is 60.2 Å². The SMILES string of the molecule is Cc1cc(Cl)cc2sc(N(CCN3CCOCC3)C(=O)c3nc4ccccc4s3)nc12.Cl. The fourth-order valence-corrected chi connectivity index (χ4v) is 6.05. The maximum Gasteiger partial charge on any atom is 0.289 e.